The second-order valence-corrected chi connectivity index (χ2v) is 4.11. The number of nitrogens with zero attached hydrogens (tertiary/aromatic N) is 1. The maximum Gasteiger partial charge on any atom is 1.00 e. The Morgan fingerprint density at radius 3 is 2.60 bits per heavy atom. The van der Waals surface area contributed by atoms with E-state index < -0.39 is 0 Å². The molecule has 1 aromatic carbocycles. The number of anilines is 1. The van der Waals surface area contributed by atoms with Crippen molar-refractivity contribution in [2.75, 3.05) is 19.0 Å². The molecule has 0 saturated heterocycles. The average molecular weight is 227 g/mol. The van der Waals surface area contributed by atoms with E-state index in [-0.39, 0.29) is 56.8 Å². The van der Waals surface area contributed by atoms with E-state index in [0.29, 0.717) is 0 Å². The van der Waals surface area contributed by atoms with E-state index in [4.69, 9.17) is 0 Å². The third-order valence-electron chi connectivity index (χ3n) is 2.87. The zero-order valence-electron chi connectivity index (χ0n) is 9.58. The van der Waals surface area contributed by atoms with Crippen LogP contribution < -0.4 is 56.3 Å². The first-order valence-electron chi connectivity index (χ1n) is 4.84. The molecule has 0 aromatic heterocycles. The quantitative estimate of drug-likeness (QED) is 0.367. The first-order valence-corrected chi connectivity index (χ1v) is 4.84. The van der Waals surface area contributed by atoms with Gasteiger partial charge in [0.15, 0.2) is 0 Å². The van der Waals surface area contributed by atoms with Gasteiger partial charge in [-0.2, -0.15) is 24.3 Å². The van der Waals surface area contributed by atoms with E-state index in [1.807, 2.05) is 37.2 Å². The van der Waals surface area contributed by atoms with Crippen LogP contribution in [0.15, 0.2) is 18.2 Å². The SMILES string of the molecule is CN(C)c1c[c-]ccc1C1(C=O)CC1.[K+]. The van der Waals surface area contributed by atoms with Crippen LogP contribution in [-0.4, -0.2) is 20.4 Å². The average Bonchev–Trinajstić information content (AvgIpc) is 2.98. The Morgan fingerprint density at radius 2 is 2.13 bits per heavy atom. The molecule has 0 radical (unpaired) electrons. The summed E-state index contributed by atoms with van der Waals surface area (Å²) in [6, 6.07) is 8.88. The number of rotatable bonds is 3. The summed E-state index contributed by atoms with van der Waals surface area (Å²) < 4.78 is 0. The Morgan fingerprint density at radius 1 is 1.47 bits per heavy atom. The molecule has 1 saturated carbocycles. The zero-order valence-corrected chi connectivity index (χ0v) is 12.7. The molecule has 74 valence electrons. The summed E-state index contributed by atoms with van der Waals surface area (Å²) in [6.45, 7) is 0. The normalized spacial score (nSPS) is 16.4. The van der Waals surface area contributed by atoms with Crippen LogP contribution >= 0.6 is 0 Å². The maximum atomic E-state index is 11.0. The zero-order chi connectivity index (χ0) is 10.2. The summed E-state index contributed by atoms with van der Waals surface area (Å²) in [6.07, 6.45) is 3.07. The van der Waals surface area contributed by atoms with Gasteiger partial charge in [-0.05, 0) is 26.9 Å². The third-order valence-corrected chi connectivity index (χ3v) is 2.87. The van der Waals surface area contributed by atoms with E-state index in [9.17, 15) is 4.79 Å². The topological polar surface area (TPSA) is 20.3 Å². The molecule has 15 heavy (non-hydrogen) atoms. The smallest absolute Gasteiger partial charge is 0.429 e. The second kappa shape index (κ2) is 5.10. The molecular weight excluding hydrogens is 213 g/mol. The first kappa shape index (κ1) is 13.4. The van der Waals surface area contributed by atoms with E-state index >= 15 is 0 Å². The van der Waals surface area contributed by atoms with E-state index in [1.54, 1.807) is 0 Å². The summed E-state index contributed by atoms with van der Waals surface area (Å²) in [5, 5.41) is 0. The van der Waals surface area contributed by atoms with Crippen molar-refractivity contribution >= 4 is 12.0 Å². The van der Waals surface area contributed by atoms with E-state index in [2.05, 4.69) is 6.07 Å². The molecule has 2 rings (SSSR count). The molecule has 3 heteroatoms. The van der Waals surface area contributed by atoms with Crippen LogP contribution in [0.5, 0.6) is 0 Å². The fourth-order valence-corrected chi connectivity index (χ4v) is 1.80. The molecule has 0 unspecified atom stereocenters. The molecule has 2 nitrogen and oxygen atoms in total. The molecule has 1 aliphatic carbocycles. The minimum atomic E-state index is -0.186. The molecule has 0 N–H and O–H groups in total. The van der Waals surface area contributed by atoms with Crippen molar-refractivity contribution in [3.05, 3.63) is 29.8 Å². The van der Waals surface area contributed by atoms with Gasteiger partial charge >= 0.3 is 51.4 Å². The summed E-state index contributed by atoms with van der Waals surface area (Å²) in [7, 11) is 3.99. The van der Waals surface area contributed by atoms with Crippen molar-refractivity contribution in [1.82, 2.24) is 0 Å². The van der Waals surface area contributed by atoms with Crippen molar-refractivity contribution in [3.8, 4) is 0 Å². The van der Waals surface area contributed by atoms with Crippen LogP contribution in [0.4, 0.5) is 5.69 Å². The predicted molar refractivity (Wildman–Crippen MR) is 56.6 cm³/mol. The van der Waals surface area contributed by atoms with Gasteiger partial charge in [-0.15, -0.1) is 5.56 Å². The number of aldehydes is 1. The summed E-state index contributed by atoms with van der Waals surface area (Å²) >= 11 is 0. The van der Waals surface area contributed by atoms with Gasteiger partial charge in [0, 0.05) is 5.41 Å². The Kier molecular flexibility index (Phi) is 4.56. The van der Waals surface area contributed by atoms with Crippen LogP contribution in [0.1, 0.15) is 18.4 Å². The molecular formula is C12H14KNO. The van der Waals surface area contributed by atoms with Crippen LogP contribution in [-0.2, 0) is 10.2 Å². The summed E-state index contributed by atoms with van der Waals surface area (Å²) in [5.41, 5.74) is 2.07. The first-order chi connectivity index (χ1) is 6.69. The van der Waals surface area contributed by atoms with Gasteiger partial charge in [0.25, 0.3) is 0 Å². The molecule has 0 spiro atoms. The Balaban J connectivity index is 0.00000112. The van der Waals surface area contributed by atoms with Gasteiger partial charge in [0.1, 0.15) is 6.29 Å². The molecule has 0 heterocycles. The second-order valence-electron chi connectivity index (χ2n) is 4.11. The molecule has 0 aliphatic heterocycles. The number of carbonyl (C=O) groups is 1. The van der Waals surface area contributed by atoms with Crippen molar-refractivity contribution < 1.29 is 56.2 Å². The van der Waals surface area contributed by atoms with Crippen molar-refractivity contribution in [2.45, 2.75) is 18.3 Å². The molecule has 1 aromatic rings. The molecule has 0 bridgehead atoms. The van der Waals surface area contributed by atoms with Gasteiger partial charge in [0.05, 0.1) is 0 Å². The van der Waals surface area contributed by atoms with Gasteiger partial charge < -0.3 is 9.69 Å². The third kappa shape index (κ3) is 2.53. The van der Waals surface area contributed by atoms with Crippen LogP contribution in [0.2, 0.25) is 0 Å². The van der Waals surface area contributed by atoms with E-state index in [0.717, 1.165) is 30.4 Å². The molecule has 0 atom stereocenters. The Hall–Kier alpha value is 0.326. The maximum absolute atomic E-state index is 11.0. The minimum absolute atomic E-state index is 0. The largest absolute Gasteiger partial charge is 1.00 e. The predicted octanol–water partition coefficient (Wildman–Crippen LogP) is -1.21. The molecule has 1 fully saturated rings. The van der Waals surface area contributed by atoms with Gasteiger partial charge in [0.2, 0.25) is 0 Å². The van der Waals surface area contributed by atoms with Gasteiger partial charge in [-0.3, -0.25) is 0 Å². The number of hydrogen-bond donors (Lipinski definition) is 0. The monoisotopic (exact) mass is 227 g/mol. The minimum Gasteiger partial charge on any atom is -0.429 e. The van der Waals surface area contributed by atoms with E-state index in [1.165, 1.54) is 0 Å². The Labute approximate surface area is 133 Å². The van der Waals surface area contributed by atoms with Crippen LogP contribution in [0.25, 0.3) is 0 Å². The van der Waals surface area contributed by atoms with Crippen molar-refractivity contribution in [3.63, 3.8) is 0 Å². The van der Waals surface area contributed by atoms with Gasteiger partial charge in [-0.1, -0.05) is 5.69 Å². The number of carbonyl (C=O) groups excluding carboxylic acids is 1. The summed E-state index contributed by atoms with van der Waals surface area (Å²) in [5.74, 6) is 0. The summed E-state index contributed by atoms with van der Waals surface area (Å²) in [4.78, 5) is 13.1. The molecule has 0 amide bonds. The Bertz CT molecular complexity index is 358. The van der Waals surface area contributed by atoms with Crippen molar-refractivity contribution in [1.29, 1.82) is 0 Å². The standard InChI is InChI=1S/C12H14NO.K/c1-13(2)11-6-4-3-5-10(11)12(9-14)7-8-12;/h3,5-6,9H,7-8H2,1-2H3;/q-1;+1. The fraction of sp³-hybridized carbons (Fsp3) is 0.417. The fourth-order valence-electron chi connectivity index (χ4n) is 1.80. The number of hydrogen-bond acceptors (Lipinski definition) is 2. The molecule has 1 aliphatic rings. The van der Waals surface area contributed by atoms with Crippen molar-refractivity contribution in [2.24, 2.45) is 0 Å². The van der Waals surface area contributed by atoms with Gasteiger partial charge in [-0.25, -0.2) is 0 Å². The van der Waals surface area contributed by atoms with Crippen LogP contribution in [0.3, 0.4) is 0 Å². The number of benzene rings is 1. The van der Waals surface area contributed by atoms with Crippen LogP contribution in [0, 0.1) is 6.07 Å².